The third-order valence-electron chi connectivity index (χ3n) is 6.61. The molecule has 4 nitrogen and oxygen atoms in total. The van der Waals surface area contributed by atoms with Crippen LogP contribution in [0.2, 0.25) is 0 Å². The predicted molar refractivity (Wildman–Crippen MR) is 88.4 cm³/mol. The van der Waals surface area contributed by atoms with E-state index in [2.05, 4.69) is 50.0 Å². The SMILES string of the molecule is Cc1[nH]c2ccccc2c1C1[NH+]2CC3(C)C[NH+]1CC(C)(C2)C3=O. The Balaban J connectivity index is 1.66. The Morgan fingerprint density at radius 3 is 2.22 bits per heavy atom. The molecule has 4 heteroatoms. The molecular formula is C19H25N3O+2. The lowest BCUT2D eigenvalue weighted by molar-refractivity contribution is -1.18. The van der Waals surface area contributed by atoms with Crippen molar-refractivity contribution in [2.45, 2.75) is 26.9 Å². The van der Waals surface area contributed by atoms with Crippen LogP contribution in [0, 0.1) is 17.8 Å². The second kappa shape index (κ2) is 4.05. The van der Waals surface area contributed by atoms with Gasteiger partial charge in [0.2, 0.25) is 6.17 Å². The zero-order valence-electron chi connectivity index (χ0n) is 14.1. The van der Waals surface area contributed by atoms with Gasteiger partial charge in [0.1, 0.15) is 10.8 Å². The molecule has 0 unspecified atom stereocenters. The number of piperidine rings is 2. The number of hydrogen-bond donors (Lipinski definition) is 3. The van der Waals surface area contributed by atoms with Crippen LogP contribution in [0.1, 0.15) is 31.3 Å². The summed E-state index contributed by atoms with van der Waals surface area (Å²) in [6, 6.07) is 8.65. The van der Waals surface area contributed by atoms with E-state index in [4.69, 9.17) is 0 Å². The van der Waals surface area contributed by atoms with Gasteiger partial charge in [-0.3, -0.25) is 14.6 Å². The maximum atomic E-state index is 12.9. The zero-order valence-corrected chi connectivity index (χ0v) is 14.1. The highest BCUT2D eigenvalue weighted by Gasteiger charge is 2.68. The smallest absolute Gasteiger partial charge is 0.242 e. The third kappa shape index (κ3) is 1.60. The van der Waals surface area contributed by atoms with E-state index in [1.165, 1.54) is 22.2 Å². The maximum Gasteiger partial charge on any atom is 0.242 e. The number of rotatable bonds is 1. The molecule has 0 atom stereocenters. The number of Topliss-reactive ketones (excluding diaryl/α,β-unsaturated/α-hetero) is 1. The van der Waals surface area contributed by atoms with Gasteiger partial charge in [-0.1, -0.05) is 18.2 Å². The zero-order chi connectivity index (χ0) is 16.0. The molecule has 120 valence electrons. The number of aromatic amines is 1. The Labute approximate surface area is 136 Å². The van der Waals surface area contributed by atoms with E-state index in [-0.39, 0.29) is 10.8 Å². The molecule has 4 aliphatic rings. The van der Waals surface area contributed by atoms with Gasteiger partial charge < -0.3 is 4.98 Å². The molecule has 0 radical (unpaired) electrons. The van der Waals surface area contributed by atoms with E-state index < -0.39 is 0 Å². The summed E-state index contributed by atoms with van der Waals surface area (Å²) in [7, 11) is 0. The van der Waals surface area contributed by atoms with E-state index in [0.29, 0.717) is 11.9 Å². The first-order valence-electron chi connectivity index (χ1n) is 8.73. The quantitative estimate of drug-likeness (QED) is 0.675. The normalized spacial score (nSPS) is 41.9. The molecule has 1 aromatic heterocycles. The predicted octanol–water partition coefficient (Wildman–Crippen LogP) is -0.133. The fourth-order valence-electron chi connectivity index (χ4n) is 6.08. The minimum Gasteiger partial charge on any atom is -0.358 e. The fourth-order valence-corrected chi connectivity index (χ4v) is 6.08. The number of benzene rings is 1. The van der Waals surface area contributed by atoms with E-state index in [1.807, 2.05) is 0 Å². The van der Waals surface area contributed by atoms with Gasteiger partial charge in [0.15, 0.2) is 5.78 Å². The molecule has 23 heavy (non-hydrogen) atoms. The van der Waals surface area contributed by atoms with Crippen molar-refractivity contribution in [1.29, 1.82) is 0 Å². The number of hydrogen-bond acceptors (Lipinski definition) is 1. The number of para-hydroxylation sites is 1. The van der Waals surface area contributed by atoms with Gasteiger partial charge in [-0.05, 0) is 26.8 Å². The van der Waals surface area contributed by atoms with Crippen molar-refractivity contribution in [2.75, 3.05) is 26.2 Å². The summed E-state index contributed by atoms with van der Waals surface area (Å²) in [6.45, 7) is 10.6. The van der Waals surface area contributed by atoms with Gasteiger partial charge in [0.25, 0.3) is 0 Å². The Hall–Kier alpha value is -1.65. The standard InChI is InChI=1S/C19H23N3O/c1-12-15(13-6-4-5-7-14(13)20-12)16-21-8-18(2)9-22(16)11-19(3,10-21)17(18)23/h4-7,16,20H,8-11H2,1-3H3/p+2. The first-order chi connectivity index (χ1) is 10.9. The summed E-state index contributed by atoms with van der Waals surface area (Å²) in [5.74, 6) is 0.520. The largest absolute Gasteiger partial charge is 0.358 e. The molecule has 0 spiro atoms. The van der Waals surface area contributed by atoms with Gasteiger partial charge in [-0.25, -0.2) is 0 Å². The molecule has 6 rings (SSSR count). The first-order valence-corrected chi connectivity index (χ1v) is 8.73. The summed E-state index contributed by atoms with van der Waals surface area (Å²) in [4.78, 5) is 19.6. The fraction of sp³-hybridized carbons (Fsp3) is 0.526. The average Bonchev–Trinajstić information content (AvgIpc) is 2.80. The van der Waals surface area contributed by atoms with Gasteiger partial charge in [0.05, 0.1) is 31.7 Å². The van der Waals surface area contributed by atoms with Crippen molar-refractivity contribution < 1.29 is 14.6 Å². The van der Waals surface area contributed by atoms with Crippen molar-refractivity contribution in [2.24, 2.45) is 10.8 Å². The number of ketones is 1. The molecular weight excluding hydrogens is 286 g/mol. The van der Waals surface area contributed by atoms with Crippen molar-refractivity contribution in [1.82, 2.24) is 4.98 Å². The number of carbonyl (C=O) groups excluding carboxylic acids is 1. The van der Waals surface area contributed by atoms with E-state index >= 15 is 0 Å². The highest BCUT2D eigenvalue weighted by Crippen LogP contribution is 2.37. The van der Waals surface area contributed by atoms with Crippen LogP contribution in [0.3, 0.4) is 0 Å². The lowest BCUT2D eigenvalue weighted by atomic mass is 9.62. The number of carbonyl (C=O) groups is 1. The molecule has 4 bridgehead atoms. The highest BCUT2D eigenvalue weighted by atomic mass is 16.1. The van der Waals surface area contributed by atoms with Crippen molar-refractivity contribution >= 4 is 16.7 Å². The Bertz CT molecular complexity index is 796. The Morgan fingerprint density at radius 1 is 1.04 bits per heavy atom. The summed E-state index contributed by atoms with van der Waals surface area (Å²) in [5.41, 5.74) is 3.77. The molecule has 5 heterocycles. The first kappa shape index (κ1) is 13.8. The van der Waals surface area contributed by atoms with Crippen LogP contribution in [0.15, 0.2) is 24.3 Å². The number of aromatic nitrogens is 1. The minimum absolute atomic E-state index is 0.119. The lowest BCUT2D eigenvalue weighted by Gasteiger charge is -2.58. The number of aryl methyl sites for hydroxylation is 1. The third-order valence-corrected chi connectivity index (χ3v) is 6.61. The monoisotopic (exact) mass is 311 g/mol. The summed E-state index contributed by atoms with van der Waals surface area (Å²) in [5, 5.41) is 1.36. The van der Waals surface area contributed by atoms with Crippen molar-refractivity contribution in [3.8, 4) is 0 Å². The highest BCUT2D eigenvalue weighted by molar-refractivity contribution is 5.91. The Morgan fingerprint density at radius 2 is 1.61 bits per heavy atom. The molecule has 3 N–H and O–H groups in total. The summed E-state index contributed by atoms with van der Waals surface area (Å²) in [6.07, 6.45) is 0.473. The molecule has 1 aromatic carbocycles. The van der Waals surface area contributed by atoms with Crippen LogP contribution >= 0.6 is 0 Å². The molecule has 2 aromatic rings. The van der Waals surface area contributed by atoms with E-state index in [9.17, 15) is 4.79 Å². The van der Waals surface area contributed by atoms with Gasteiger partial charge in [0, 0.05) is 16.6 Å². The van der Waals surface area contributed by atoms with Crippen LogP contribution in [-0.4, -0.2) is 36.9 Å². The molecule has 4 fully saturated rings. The Kier molecular flexibility index (Phi) is 2.43. The lowest BCUT2D eigenvalue weighted by Crippen LogP contribution is -3.41. The minimum atomic E-state index is -0.119. The van der Waals surface area contributed by atoms with Gasteiger partial charge in [-0.2, -0.15) is 0 Å². The second-order valence-electron chi connectivity index (χ2n) is 8.62. The second-order valence-corrected chi connectivity index (χ2v) is 8.62. The van der Waals surface area contributed by atoms with Crippen molar-refractivity contribution in [3.63, 3.8) is 0 Å². The average molecular weight is 311 g/mol. The summed E-state index contributed by atoms with van der Waals surface area (Å²) < 4.78 is 0. The van der Waals surface area contributed by atoms with Crippen LogP contribution in [0.4, 0.5) is 0 Å². The van der Waals surface area contributed by atoms with E-state index in [0.717, 1.165) is 26.2 Å². The molecule has 0 amide bonds. The number of H-pyrrole nitrogens is 1. The van der Waals surface area contributed by atoms with Crippen molar-refractivity contribution in [3.05, 3.63) is 35.5 Å². The van der Waals surface area contributed by atoms with Crippen LogP contribution in [-0.2, 0) is 4.79 Å². The van der Waals surface area contributed by atoms with Crippen LogP contribution in [0.25, 0.3) is 10.9 Å². The summed E-state index contributed by atoms with van der Waals surface area (Å²) >= 11 is 0. The number of nitrogens with one attached hydrogen (secondary N) is 3. The van der Waals surface area contributed by atoms with Crippen LogP contribution < -0.4 is 9.80 Å². The maximum absolute atomic E-state index is 12.9. The number of quaternary nitrogens is 2. The topological polar surface area (TPSA) is 41.7 Å². The van der Waals surface area contributed by atoms with E-state index in [1.54, 1.807) is 9.80 Å². The molecule has 4 aliphatic heterocycles. The van der Waals surface area contributed by atoms with Gasteiger partial charge in [-0.15, -0.1) is 0 Å². The molecule has 0 saturated carbocycles. The number of fused-ring (bicyclic) bond motifs is 1. The van der Waals surface area contributed by atoms with Crippen LogP contribution in [0.5, 0.6) is 0 Å². The van der Waals surface area contributed by atoms with Gasteiger partial charge >= 0.3 is 0 Å². The molecule has 4 saturated heterocycles. The molecule has 0 aliphatic carbocycles.